The van der Waals surface area contributed by atoms with E-state index in [4.69, 9.17) is 5.11 Å². The maximum Gasteiger partial charge on any atom is 0.339 e. The number of imidazole rings is 1. The Bertz CT molecular complexity index is 417. The minimum Gasteiger partial charge on any atom is -0.478 e. The van der Waals surface area contributed by atoms with Crippen molar-refractivity contribution in [3.63, 3.8) is 0 Å². The molecule has 66 valence electrons. The molecule has 0 saturated heterocycles. The Morgan fingerprint density at radius 1 is 1.46 bits per heavy atom. The SMILES string of the molecule is O=C(O)c1cn[nH]c1-c1cnc[nH]1. The molecule has 0 radical (unpaired) electrons. The molecule has 0 aliphatic rings. The molecule has 0 unspecified atom stereocenters. The Morgan fingerprint density at radius 2 is 2.31 bits per heavy atom. The molecule has 13 heavy (non-hydrogen) atoms. The standard InChI is InChI=1S/C7H6N4O2/c12-7(13)4-1-10-11-6(4)5-2-8-3-9-5/h1-3H,(H,8,9)(H,10,11)(H,12,13). The first-order chi connectivity index (χ1) is 6.29. The molecular formula is C7H6N4O2. The number of aromatic nitrogens is 4. The van der Waals surface area contributed by atoms with Crippen LogP contribution in [0.15, 0.2) is 18.7 Å². The van der Waals surface area contributed by atoms with E-state index in [1.54, 1.807) is 0 Å². The van der Waals surface area contributed by atoms with E-state index in [2.05, 4.69) is 20.2 Å². The number of nitrogens with one attached hydrogen (secondary N) is 2. The number of hydrogen-bond acceptors (Lipinski definition) is 3. The Labute approximate surface area is 72.6 Å². The van der Waals surface area contributed by atoms with Gasteiger partial charge in [0.2, 0.25) is 0 Å². The van der Waals surface area contributed by atoms with Crippen LogP contribution < -0.4 is 0 Å². The number of carbonyl (C=O) groups is 1. The molecule has 0 aromatic carbocycles. The van der Waals surface area contributed by atoms with Crippen molar-refractivity contribution in [1.82, 2.24) is 20.2 Å². The molecule has 2 rings (SSSR count). The average Bonchev–Trinajstić information content (AvgIpc) is 2.74. The fourth-order valence-electron chi connectivity index (χ4n) is 1.05. The van der Waals surface area contributed by atoms with Gasteiger partial charge in [0.25, 0.3) is 0 Å². The first-order valence-electron chi connectivity index (χ1n) is 3.54. The number of carboxylic acids is 1. The van der Waals surface area contributed by atoms with Crippen LogP contribution in [0, 0.1) is 0 Å². The molecule has 6 nitrogen and oxygen atoms in total. The summed E-state index contributed by atoms with van der Waals surface area (Å²) in [6.07, 6.45) is 4.26. The van der Waals surface area contributed by atoms with Crippen LogP contribution in [0.3, 0.4) is 0 Å². The lowest BCUT2D eigenvalue weighted by atomic mass is 10.2. The second-order valence-electron chi connectivity index (χ2n) is 2.43. The molecule has 0 aliphatic carbocycles. The van der Waals surface area contributed by atoms with E-state index in [0.717, 1.165) is 0 Å². The van der Waals surface area contributed by atoms with Crippen LogP contribution in [0.2, 0.25) is 0 Å². The Hall–Kier alpha value is -2.11. The van der Waals surface area contributed by atoms with Gasteiger partial charge >= 0.3 is 5.97 Å². The summed E-state index contributed by atoms with van der Waals surface area (Å²) in [6, 6.07) is 0. The third-order valence-corrected chi connectivity index (χ3v) is 1.64. The molecular weight excluding hydrogens is 172 g/mol. The van der Waals surface area contributed by atoms with Gasteiger partial charge in [-0.2, -0.15) is 5.10 Å². The molecule has 0 atom stereocenters. The molecule has 0 saturated carbocycles. The summed E-state index contributed by atoms with van der Waals surface area (Å²) < 4.78 is 0. The molecule has 0 amide bonds. The highest BCUT2D eigenvalue weighted by Crippen LogP contribution is 2.17. The van der Waals surface area contributed by atoms with E-state index in [9.17, 15) is 4.79 Å². The lowest BCUT2D eigenvalue weighted by Crippen LogP contribution is -1.96. The van der Waals surface area contributed by atoms with Gasteiger partial charge in [-0.3, -0.25) is 5.10 Å². The predicted molar refractivity (Wildman–Crippen MR) is 43.1 cm³/mol. The van der Waals surface area contributed by atoms with Gasteiger partial charge in [0.05, 0.1) is 30.1 Å². The summed E-state index contributed by atoms with van der Waals surface area (Å²) in [5.74, 6) is -1.02. The highest BCUT2D eigenvalue weighted by molar-refractivity contribution is 5.93. The van der Waals surface area contributed by atoms with Crippen LogP contribution in [0.4, 0.5) is 0 Å². The van der Waals surface area contributed by atoms with E-state index in [-0.39, 0.29) is 5.56 Å². The highest BCUT2D eigenvalue weighted by Gasteiger charge is 2.14. The molecule has 2 aromatic heterocycles. The van der Waals surface area contributed by atoms with Gasteiger partial charge in [-0.05, 0) is 0 Å². The lowest BCUT2D eigenvalue weighted by Gasteiger charge is -1.93. The topological polar surface area (TPSA) is 94.7 Å². The van der Waals surface area contributed by atoms with Crippen molar-refractivity contribution in [3.05, 3.63) is 24.3 Å². The number of rotatable bonds is 2. The molecule has 2 heterocycles. The van der Waals surface area contributed by atoms with E-state index in [1.807, 2.05) is 0 Å². The van der Waals surface area contributed by atoms with E-state index >= 15 is 0 Å². The normalized spacial score (nSPS) is 10.2. The van der Waals surface area contributed by atoms with E-state index in [0.29, 0.717) is 11.4 Å². The summed E-state index contributed by atoms with van der Waals surface area (Å²) in [4.78, 5) is 17.3. The molecule has 3 N–H and O–H groups in total. The van der Waals surface area contributed by atoms with Crippen LogP contribution in [0.1, 0.15) is 10.4 Å². The van der Waals surface area contributed by atoms with Gasteiger partial charge in [0, 0.05) is 0 Å². The van der Waals surface area contributed by atoms with Crippen LogP contribution in [0.25, 0.3) is 11.4 Å². The Kier molecular flexibility index (Phi) is 1.59. The van der Waals surface area contributed by atoms with Gasteiger partial charge in [-0.15, -0.1) is 0 Å². The van der Waals surface area contributed by atoms with Gasteiger partial charge in [0.15, 0.2) is 0 Å². The summed E-state index contributed by atoms with van der Waals surface area (Å²) in [7, 11) is 0. The maximum atomic E-state index is 10.7. The summed E-state index contributed by atoms with van der Waals surface area (Å²) in [6.45, 7) is 0. The molecule has 0 fully saturated rings. The van der Waals surface area contributed by atoms with Crippen molar-refractivity contribution in [2.75, 3.05) is 0 Å². The van der Waals surface area contributed by atoms with Crippen molar-refractivity contribution in [2.45, 2.75) is 0 Å². The zero-order valence-corrected chi connectivity index (χ0v) is 6.48. The van der Waals surface area contributed by atoms with Crippen LogP contribution >= 0.6 is 0 Å². The lowest BCUT2D eigenvalue weighted by molar-refractivity contribution is 0.0698. The maximum absolute atomic E-state index is 10.7. The largest absolute Gasteiger partial charge is 0.478 e. The smallest absolute Gasteiger partial charge is 0.339 e. The zero-order chi connectivity index (χ0) is 9.26. The number of hydrogen-bond donors (Lipinski definition) is 3. The summed E-state index contributed by atoms with van der Waals surface area (Å²) in [5.41, 5.74) is 1.17. The van der Waals surface area contributed by atoms with E-state index < -0.39 is 5.97 Å². The predicted octanol–water partition coefficient (Wildman–Crippen LogP) is 0.498. The molecule has 2 aromatic rings. The van der Waals surface area contributed by atoms with Crippen LogP contribution in [-0.4, -0.2) is 31.2 Å². The molecule has 6 heteroatoms. The minimum absolute atomic E-state index is 0.129. The first kappa shape index (κ1) is 7.53. The van der Waals surface area contributed by atoms with Crippen LogP contribution in [0.5, 0.6) is 0 Å². The number of aromatic amines is 2. The van der Waals surface area contributed by atoms with Crippen molar-refractivity contribution in [1.29, 1.82) is 0 Å². The quantitative estimate of drug-likeness (QED) is 0.623. The van der Waals surface area contributed by atoms with Gasteiger partial charge in [-0.25, -0.2) is 9.78 Å². The number of carboxylic acid groups (broad SMARTS) is 1. The average molecular weight is 178 g/mol. The molecule has 0 aliphatic heterocycles. The molecule has 0 spiro atoms. The third-order valence-electron chi connectivity index (χ3n) is 1.64. The number of nitrogens with zero attached hydrogens (tertiary/aromatic N) is 2. The van der Waals surface area contributed by atoms with Crippen molar-refractivity contribution in [2.24, 2.45) is 0 Å². The fourth-order valence-corrected chi connectivity index (χ4v) is 1.05. The minimum atomic E-state index is -1.02. The first-order valence-corrected chi connectivity index (χ1v) is 3.54. The van der Waals surface area contributed by atoms with Gasteiger partial charge in [0.1, 0.15) is 5.56 Å². The van der Waals surface area contributed by atoms with Crippen LogP contribution in [-0.2, 0) is 0 Å². The number of aromatic carboxylic acids is 1. The Balaban J connectivity index is 2.52. The molecule has 0 bridgehead atoms. The van der Waals surface area contributed by atoms with Crippen molar-refractivity contribution in [3.8, 4) is 11.4 Å². The zero-order valence-electron chi connectivity index (χ0n) is 6.48. The number of H-pyrrole nitrogens is 2. The second-order valence-corrected chi connectivity index (χ2v) is 2.43. The van der Waals surface area contributed by atoms with Gasteiger partial charge in [-0.1, -0.05) is 0 Å². The van der Waals surface area contributed by atoms with Crippen molar-refractivity contribution < 1.29 is 9.90 Å². The van der Waals surface area contributed by atoms with Gasteiger partial charge < -0.3 is 10.1 Å². The summed E-state index contributed by atoms with van der Waals surface area (Å²) in [5, 5.41) is 15.0. The Morgan fingerprint density at radius 3 is 2.92 bits per heavy atom. The van der Waals surface area contributed by atoms with E-state index in [1.165, 1.54) is 18.7 Å². The highest BCUT2D eigenvalue weighted by atomic mass is 16.4. The van der Waals surface area contributed by atoms with Crippen molar-refractivity contribution >= 4 is 5.97 Å². The summed E-state index contributed by atoms with van der Waals surface area (Å²) >= 11 is 0. The second kappa shape index (κ2) is 2.74. The fraction of sp³-hybridized carbons (Fsp3) is 0. The monoisotopic (exact) mass is 178 g/mol. The third kappa shape index (κ3) is 1.18.